The summed E-state index contributed by atoms with van der Waals surface area (Å²) in [7, 11) is 0. The molecule has 0 rings (SSSR count). The van der Waals surface area contributed by atoms with Crippen molar-refractivity contribution in [3.8, 4) is 0 Å². The number of hydrogen-bond acceptors (Lipinski definition) is 3. The highest BCUT2D eigenvalue weighted by Crippen LogP contribution is 2.22. The van der Waals surface area contributed by atoms with Crippen LogP contribution in [0.3, 0.4) is 0 Å². The molecule has 0 saturated carbocycles. The minimum absolute atomic E-state index is 0.403. The number of ether oxygens (including phenoxy) is 3. The third-order valence-electron chi connectivity index (χ3n) is 2.05. The van der Waals surface area contributed by atoms with E-state index in [1.807, 2.05) is 27.7 Å². The van der Waals surface area contributed by atoms with Crippen molar-refractivity contribution in [2.75, 3.05) is 19.8 Å². The molecule has 3 heteroatoms. The first-order chi connectivity index (χ1) is 8.31. The van der Waals surface area contributed by atoms with Gasteiger partial charge in [0.25, 0.3) is 5.97 Å². The summed E-state index contributed by atoms with van der Waals surface area (Å²) in [6, 6.07) is 0. The van der Waals surface area contributed by atoms with Gasteiger partial charge in [0.1, 0.15) is 0 Å². The Hall–Kier alpha value is -0.900. The molecule has 0 aromatic rings. The quantitative estimate of drug-likeness (QED) is 0.438. The van der Waals surface area contributed by atoms with Crippen molar-refractivity contribution in [2.24, 2.45) is 0 Å². The summed E-state index contributed by atoms with van der Waals surface area (Å²) >= 11 is 0. The van der Waals surface area contributed by atoms with E-state index in [0.29, 0.717) is 26.2 Å². The highest BCUT2D eigenvalue weighted by Gasteiger charge is 2.31. The second kappa shape index (κ2) is 8.25. The average molecular weight is 254 g/mol. The summed E-state index contributed by atoms with van der Waals surface area (Å²) in [4.78, 5) is 0. The monoisotopic (exact) mass is 254 g/mol. The van der Waals surface area contributed by atoms with Crippen LogP contribution in [0.1, 0.15) is 34.1 Å². The lowest BCUT2D eigenvalue weighted by Crippen LogP contribution is -2.40. The van der Waals surface area contributed by atoms with E-state index in [2.05, 4.69) is 19.7 Å². The lowest BCUT2D eigenvalue weighted by atomic mass is 10.3. The Kier molecular flexibility index (Phi) is 7.83. The molecule has 0 aliphatic rings. The third kappa shape index (κ3) is 7.43. The summed E-state index contributed by atoms with van der Waals surface area (Å²) in [5.41, 5.74) is 2.77. The highest BCUT2D eigenvalue weighted by molar-refractivity contribution is 4.91. The molecule has 3 nitrogen and oxygen atoms in total. The lowest BCUT2D eigenvalue weighted by molar-refractivity contribution is -0.373. The molecule has 104 valence electrons. The van der Waals surface area contributed by atoms with Gasteiger partial charge < -0.3 is 14.2 Å². The van der Waals surface area contributed by atoms with E-state index < -0.39 is 5.97 Å². The van der Waals surface area contributed by atoms with Gasteiger partial charge in [0.2, 0.25) is 0 Å². The summed E-state index contributed by atoms with van der Waals surface area (Å²) in [5, 5.41) is 0. The van der Waals surface area contributed by atoms with Gasteiger partial charge in [0, 0.05) is 6.42 Å². The van der Waals surface area contributed by atoms with Crippen LogP contribution in [0.4, 0.5) is 0 Å². The van der Waals surface area contributed by atoms with E-state index >= 15 is 0 Å². The third-order valence-corrected chi connectivity index (χ3v) is 2.05. The maximum absolute atomic E-state index is 5.71. The molecule has 0 amide bonds. The van der Waals surface area contributed by atoms with Gasteiger partial charge in [0.15, 0.2) is 0 Å². The second-order valence-electron chi connectivity index (χ2n) is 4.77. The second-order valence-corrected chi connectivity index (χ2v) is 4.77. The van der Waals surface area contributed by atoms with Crippen molar-refractivity contribution >= 4 is 0 Å². The van der Waals surface area contributed by atoms with Gasteiger partial charge >= 0.3 is 0 Å². The Morgan fingerprint density at radius 2 is 1.06 bits per heavy atom. The Labute approximate surface area is 111 Å². The maximum Gasteiger partial charge on any atom is 0.283 e. The van der Waals surface area contributed by atoms with Crippen LogP contribution in [0.2, 0.25) is 0 Å². The molecule has 0 unspecified atom stereocenters. The van der Waals surface area contributed by atoms with E-state index in [1.54, 1.807) is 0 Å². The fourth-order valence-corrected chi connectivity index (χ4v) is 1.13. The number of rotatable bonds is 10. The van der Waals surface area contributed by atoms with Gasteiger partial charge in [-0.2, -0.15) is 0 Å². The van der Waals surface area contributed by atoms with Crippen molar-refractivity contribution < 1.29 is 14.2 Å². The van der Waals surface area contributed by atoms with Crippen LogP contribution in [0.25, 0.3) is 0 Å². The zero-order chi connectivity index (χ0) is 14.2. The van der Waals surface area contributed by atoms with Crippen LogP contribution >= 0.6 is 0 Å². The molecular weight excluding hydrogens is 228 g/mol. The standard InChI is InChI=1S/C15H26O3/c1-8-15(16-9-12(2)3,17-10-13(4)5)18-11-14(6)7/h2,4,6,8-11H2,1,3,5,7H3. The molecule has 18 heavy (non-hydrogen) atoms. The molecule has 0 aromatic heterocycles. The highest BCUT2D eigenvalue weighted by atomic mass is 16.9. The normalized spacial score (nSPS) is 11.3. The van der Waals surface area contributed by atoms with E-state index in [-0.39, 0.29) is 0 Å². The van der Waals surface area contributed by atoms with Gasteiger partial charge in [-0.1, -0.05) is 43.4 Å². The van der Waals surface area contributed by atoms with Gasteiger partial charge in [-0.25, -0.2) is 0 Å². The topological polar surface area (TPSA) is 27.7 Å². The van der Waals surface area contributed by atoms with E-state index in [0.717, 1.165) is 16.7 Å². The van der Waals surface area contributed by atoms with Crippen molar-refractivity contribution in [2.45, 2.75) is 40.1 Å². The molecule has 0 aliphatic carbocycles. The molecule has 0 spiro atoms. The SMILES string of the molecule is C=C(C)COC(CC)(OCC(=C)C)OCC(=C)C. The molecule has 0 atom stereocenters. The van der Waals surface area contributed by atoms with Crippen LogP contribution in [-0.4, -0.2) is 25.8 Å². The molecule has 0 N–H and O–H groups in total. The van der Waals surface area contributed by atoms with Crippen molar-refractivity contribution in [1.82, 2.24) is 0 Å². The van der Waals surface area contributed by atoms with Gasteiger partial charge in [-0.15, -0.1) is 0 Å². The summed E-state index contributed by atoms with van der Waals surface area (Å²) in [5.74, 6) is -1.04. The molecule has 0 saturated heterocycles. The van der Waals surface area contributed by atoms with Gasteiger partial charge in [-0.05, 0) is 20.8 Å². The first-order valence-electron chi connectivity index (χ1n) is 6.16. The maximum atomic E-state index is 5.71. The van der Waals surface area contributed by atoms with Crippen LogP contribution < -0.4 is 0 Å². The Balaban J connectivity index is 4.63. The minimum Gasteiger partial charge on any atom is -0.323 e. The summed E-state index contributed by atoms with van der Waals surface area (Å²) < 4.78 is 17.1. The molecule has 0 aromatic carbocycles. The van der Waals surface area contributed by atoms with Gasteiger partial charge in [0.05, 0.1) is 19.8 Å². The predicted molar refractivity (Wildman–Crippen MR) is 75.3 cm³/mol. The first-order valence-corrected chi connectivity index (χ1v) is 6.16. The van der Waals surface area contributed by atoms with Crippen molar-refractivity contribution in [1.29, 1.82) is 0 Å². The van der Waals surface area contributed by atoms with Crippen molar-refractivity contribution in [3.63, 3.8) is 0 Å². The first kappa shape index (κ1) is 17.1. The van der Waals surface area contributed by atoms with Crippen LogP contribution in [0.15, 0.2) is 36.5 Å². The Morgan fingerprint density at radius 3 is 1.22 bits per heavy atom. The molecule has 0 aliphatic heterocycles. The Morgan fingerprint density at radius 1 is 0.778 bits per heavy atom. The lowest BCUT2D eigenvalue weighted by Gasteiger charge is -2.32. The summed E-state index contributed by atoms with van der Waals surface area (Å²) in [6.07, 6.45) is 0.584. The zero-order valence-corrected chi connectivity index (χ0v) is 12.2. The van der Waals surface area contributed by atoms with E-state index in [1.165, 1.54) is 0 Å². The zero-order valence-electron chi connectivity index (χ0n) is 12.2. The number of hydrogen-bond donors (Lipinski definition) is 0. The fraction of sp³-hybridized carbons (Fsp3) is 0.600. The smallest absolute Gasteiger partial charge is 0.283 e. The molecule has 0 radical (unpaired) electrons. The molecule has 0 bridgehead atoms. The molecular formula is C15H26O3. The fourth-order valence-electron chi connectivity index (χ4n) is 1.13. The minimum atomic E-state index is -1.04. The van der Waals surface area contributed by atoms with Crippen LogP contribution in [-0.2, 0) is 14.2 Å². The summed E-state index contributed by atoms with van der Waals surface area (Å²) in [6.45, 7) is 20.3. The van der Waals surface area contributed by atoms with Crippen molar-refractivity contribution in [3.05, 3.63) is 36.5 Å². The molecule has 0 heterocycles. The van der Waals surface area contributed by atoms with E-state index in [4.69, 9.17) is 14.2 Å². The van der Waals surface area contributed by atoms with Gasteiger partial charge in [-0.3, -0.25) is 0 Å². The largest absolute Gasteiger partial charge is 0.323 e. The van der Waals surface area contributed by atoms with Crippen LogP contribution in [0.5, 0.6) is 0 Å². The molecule has 0 fully saturated rings. The van der Waals surface area contributed by atoms with E-state index in [9.17, 15) is 0 Å². The Bertz CT molecular complexity index is 259. The predicted octanol–water partition coefficient (Wildman–Crippen LogP) is 3.83. The average Bonchev–Trinajstić information content (AvgIpc) is 2.28. The van der Waals surface area contributed by atoms with Crippen LogP contribution in [0, 0.1) is 0 Å².